The van der Waals surface area contributed by atoms with E-state index in [0.29, 0.717) is 24.8 Å². The predicted octanol–water partition coefficient (Wildman–Crippen LogP) is 3.01. The molecule has 2 aliphatic rings. The molecule has 1 N–H and O–H groups in total. The highest BCUT2D eigenvalue weighted by Crippen LogP contribution is 2.22. The zero-order valence-corrected chi connectivity index (χ0v) is 15.0. The second-order valence-corrected chi connectivity index (χ2v) is 7.22. The van der Waals surface area contributed by atoms with Crippen molar-refractivity contribution in [3.8, 4) is 0 Å². The smallest absolute Gasteiger partial charge is 0.317 e. The summed E-state index contributed by atoms with van der Waals surface area (Å²) in [5.41, 5.74) is 1.11. The van der Waals surface area contributed by atoms with E-state index >= 15 is 0 Å². The SMILES string of the molecule is O=C(CC1CCN(C(=O)NCc2ccccc2)CC1)N1CCCCC1. The van der Waals surface area contributed by atoms with Crippen LogP contribution in [0.25, 0.3) is 0 Å². The standard InChI is InChI=1S/C20H29N3O2/c24-19(22-11-5-2-6-12-22)15-17-9-13-23(14-10-17)20(25)21-16-18-7-3-1-4-8-18/h1,3-4,7-8,17H,2,5-6,9-16H2,(H,21,25). The van der Waals surface area contributed by atoms with E-state index in [-0.39, 0.29) is 6.03 Å². The Morgan fingerprint density at radius 3 is 2.28 bits per heavy atom. The van der Waals surface area contributed by atoms with Crippen molar-refractivity contribution in [2.75, 3.05) is 26.2 Å². The molecule has 2 fully saturated rings. The number of likely N-dealkylation sites (tertiary alicyclic amines) is 2. The van der Waals surface area contributed by atoms with Gasteiger partial charge >= 0.3 is 6.03 Å². The van der Waals surface area contributed by atoms with Crippen LogP contribution in [0.4, 0.5) is 4.79 Å². The normalized spacial score (nSPS) is 18.9. The molecule has 3 amide bonds. The second kappa shape index (κ2) is 8.88. The van der Waals surface area contributed by atoms with Crippen LogP contribution in [0.5, 0.6) is 0 Å². The summed E-state index contributed by atoms with van der Waals surface area (Å²) >= 11 is 0. The lowest BCUT2D eigenvalue weighted by Crippen LogP contribution is -2.45. The number of urea groups is 1. The third kappa shape index (κ3) is 5.21. The third-order valence-corrected chi connectivity index (χ3v) is 5.36. The molecular formula is C20H29N3O2. The van der Waals surface area contributed by atoms with Gasteiger partial charge in [-0.3, -0.25) is 4.79 Å². The number of nitrogens with one attached hydrogen (secondary N) is 1. The first-order valence-electron chi connectivity index (χ1n) is 9.57. The van der Waals surface area contributed by atoms with E-state index in [1.165, 1.54) is 6.42 Å². The number of carbonyl (C=O) groups is 2. The van der Waals surface area contributed by atoms with Crippen molar-refractivity contribution in [1.82, 2.24) is 15.1 Å². The van der Waals surface area contributed by atoms with Gasteiger partial charge in [-0.1, -0.05) is 30.3 Å². The third-order valence-electron chi connectivity index (χ3n) is 5.36. The molecule has 0 saturated carbocycles. The van der Waals surface area contributed by atoms with Crippen LogP contribution in [0.15, 0.2) is 30.3 Å². The van der Waals surface area contributed by atoms with Gasteiger partial charge in [-0.2, -0.15) is 0 Å². The van der Waals surface area contributed by atoms with Gasteiger partial charge in [0.2, 0.25) is 5.91 Å². The Kier molecular flexibility index (Phi) is 6.31. The minimum atomic E-state index is 0.00431. The maximum atomic E-state index is 12.4. The van der Waals surface area contributed by atoms with E-state index in [0.717, 1.165) is 57.4 Å². The van der Waals surface area contributed by atoms with Crippen molar-refractivity contribution >= 4 is 11.9 Å². The highest BCUT2D eigenvalue weighted by atomic mass is 16.2. The lowest BCUT2D eigenvalue weighted by molar-refractivity contribution is -0.133. The van der Waals surface area contributed by atoms with Crippen molar-refractivity contribution in [2.45, 2.75) is 45.1 Å². The molecule has 25 heavy (non-hydrogen) atoms. The first-order chi connectivity index (χ1) is 12.2. The highest BCUT2D eigenvalue weighted by Gasteiger charge is 2.26. The maximum absolute atomic E-state index is 12.4. The average molecular weight is 343 g/mol. The lowest BCUT2D eigenvalue weighted by atomic mass is 9.93. The van der Waals surface area contributed by atoms with E-state index in [9.17, 15) is 9.59 Å². The molecule has 0 aromatic heterocycles. The zero-order chi connectivity index (χ0) is 17.5. The van der Waals surface area contributed by atoms with Gasteiger partial charge in [-0.25, -0.2) is 4.79 Å². The molecule has 3 rings (SSSR count). The molecule has 0 aliphatic carbocycles. The van der Waals surface area contributed by atoms with Gasteiger partial charge in [-0.05, 0) is 43.6 Å². The van der Waals surface area contributed by atoms with Crippen molar-refractivity contribution in [1.29, 1.82) is 0 Å². The van der Waals surface area contributed by atoms with Gasteiger partial charge in [0.1, 0.15) is 0 Å². The van der Waals surface area contributed by atoms with E-state index in [2.05, 4.69) is 5.32 Å². The van der Waals surface area contributed by atoms with Gasteiger partial charge in [0.05, 0.1) is 0 Å². The minimum Gasteiger partial charge on any atom is -0.343 e. The molecule has 2 heterocycles. The quantitative estimate of drug-likeness (QED) is 0.914. The molecular weight excluding hydrogens is 314 g/mol. The predicted molar refractivity (Wildman–Crippen MR) is 98.0 cm³/mol. The second-order valence-electron chi connectivity index (χ2n) is 7.22. The van der Waals surface area contributed by atoms with Crippen LogP contribution in [0.2, 0.25) is 0 Å². The van der Waals surface area contributed by atoms with Crippen molar-refractivity contribution in [3.05, 3.63) is 35.9 Å². The van der Waals surface area contributed by atoms with E-state index in [1.807, 2.05) is 40.1 Å². The molecule has 5 heteroatoms. The zero-order valence-electron chi connectivity index (χ0n) is 15.0. The van der Waals surface area contributed by atoms with Crippen molar-refractivity contribution in [2.24, 2.45) is 5.92 Å². The van der Waals surface area contributed by atoms with Crippen molar-refractivity contribution in [3.63, 3.8) is 0 Å². The summed E-state index contributed by atoms with van der Waals surface area (Å²) in [6, 6.07) is 9.96. The summed E-state index contributed by atoms with van der Waals surface area (Å²) in [7, 11) is 0. The van der Waals surface area contributed by atoms with Crippen molar-refractivity contribution < 1.29 is 9.59 Å². The number of hydrogen-bond acceptors (Lipinski definition) is 2. The fourth-order valence-corrected chi connectivity index (χ4v) is 3.74. The van der Waals surface area contributed by atoms with Gasteiger partial charge < -0.3 is 15.1 Å². The first kappa shape index (κ1) is 17.8. The van der Waals surface area contributed by atoms with Gasteiger partial charge in [0.25, 0.3) is 0 Å². The number of carbonyl (C=O) groups excluding carboxylic acids is 2. The summed E-state index contributed by atoms with van der Waals surface area (Å²) in [4.78, 5) is 28.6. The number of nitrogens with zero attached hydrogens (tertiary/aromatic N) is 2. The summed E-state index contributed by atoms with van der Waals surface area (Å²) in [5.74, 6) is 0.735. The average Bonchev–Trinajstić information content (AvgIpc) is 2.68. The van der Waals surface area contributed by atoms with Crippen LogP contribution in [-0.2, 0) is 11.3 Å². The Bertz CT molecular complexity index is 562. The Morgan fingerprint density at radius 2 is 1.60 bits per heavy atom. The van der Waals surface area contributed by atoms with Crippen LogP contribution in [0.3, 0.4) is 0 Å². The summed E-state index contributed by atoms with van der Waals surface area (Å²) in [6.45, 7) is 3.92. The topological polar surface area (TPSA) is 52.7 Å². The summed E-state index contributed by atoms with van der Waals surface area (Å²) < 4.78 is 0. The molecule has 1 aromatic rings. The Labute approximate surface area is 150 Å². The summed E-state index contributed by atoms with van der Waals surface area (Å²) in [6.07, 6.45) is 6.05. The Morgan fingerprint density at radius 1 is 0.920 bits per heavy atom. The van der Waals surface area contributed by atoms with E-state index < -0.39 is 0 Å². The molecule has 0 unspecified atom stereocenters. The molecule has 0 spiro atoms. The van der Waals surface area contributed by atoms with Gasteiger partial charge in [-0.15, -0.1) is 0 Å². The number of piperidine rings is 2. The fourth-order valence-electron chi connectivity index (χ4n) is 3.74. The molecule has 0 atom stereocenters. The van der Waals surface area contributed by atoms with E-state index in [1.54, 1.807) is 0 Å². The molecule has 0 bridgehead atoms. The van der Waals surface area contributed by atoms with Crippen LogP contribution in [-0.4, -0.2) is 47.9 Å². The minimum absolute atomic E-state index is 0.00431. The molecule has 5 nitrogen and oxygen atoms in total. The van der Waals surface area contributed by atoms with Crippen LogP contribution < -0.4 is 5.32 Å². The molecule has 2 aliphatic heterocycles. The monoisotopic (exact) mass is 343 g/mol. The Balaban J connectivity index is 1.37. The first-order valence-corrected chi connectivity index (χ1v) is 9.57. The Hall–Kier alpha value is -2.04. The molecule has 2 saturated heterocycles. The van der Waals surface area contributed by atoms with Gasteiger partial charge in [0, 0.05) is 39.1 Å². The maximum Gasteiger partial charge on any atom is 0.317 e. The summed E-state index contributed by atoms with van der Waals surface area (Å²) in [5, 5.41) is 2.99. The highest BCUT2D eigenvalue weighted by molar-refractivity contribution is 5.77. The van der Waals surface area contributed by atoms with Crippen LogP contribution in [0.1, 0.15) is 44.1 Å². The largest absolute Gasteiger partial charge is 0.343 e. The lowest BCUT2D eigenvalue weighted by Gasteiger charge is -2.33. The number of benzene rings is 1. The fraction of sp³-hybridized carbons (Fsp3) is 0.600. The molecule has 1 aromatic carbocycles. The van der Waals surface area contributed by atoms with E-state index in [4.69, 9.17) is 0 Å². The van der Waals surface area contributed by atoms with Crippen LogP contribution >= 0.6 is 0 Å². The van der Waals surface area contributed by atoms with Crippen LogP contribution in [0, 0.1) is 5.92 Å². The molecule has 136 valence electrons. The number of rotatable bonds is 4. The molecule has 0 radical (unpaired) electrons. The van der Waals surface area contributed by atoms with Gasteiger partial charge in [0.15, 0.2) is 0 Å². The number of hydrogen-bond donors (Lipinski definition) is 1. The number of amides is 3.